The Bertz CT molecular complexity index is 1610. The third-order valence-electron chi connectivity index (χ3n) is 9.87. The van der Waals surface area contributed by atoms with Gasteiger partial charge < -0.3 is 15.4 Å². The monoisotopic (exact) mass is 681 g/mol. The van der Waals surface area contributed by atoms with Crippen LogP contribution in [0, 0.1) is 17.8 Å². The lowest BCUT2D eigenvalue weighted by atomic mass is 9.81. The summed E-state index contributed by atoms with van der Waals surface area (Å²) in [5.41, 5.74) is 1.53. The van der Waals surface area contributed by atoms with Gasteiger partial charge in [0, 0.05) is 57.6 Å². The second-order valence-corrected chi connectivity index (χ2v) is 13.0. The lowest BCUT2D eigenvalue weighted by Gasteiger charge is -2.33. The molecule has 17 heteroatoms. The number of hydrogen-bond acceptors (Lipinski definition) is 8. The van der Waals surface area contributed by atoms with Crippen LogP contribution in [-0.2, 0) is 22.5 Å². The van der Waals surface area contributed by atoms with E-state index in [2.05, 4.69) is 20.6 Å². The number of morpholine rings is 1. The molecule has 2 amide bonds. The van der Waals surface area contributed by atoms with Gasteiger partial charge in [-0.1, -0.05) is 0 Å². The predicted molar refractivity (Wildman–Crippen MR) is 161 cm³/mol. The second-order valence-electron chi connectivity index (χ2n) is 13.0. The molecule has 0 spiro atoms. The van der Waals surface area contributed by atoms with E-state index in [1.807, 2.05) is 13.8 Å². The molecule has 12 nitrogen and oxygen atoms in total. The van der Waals surface area contributed by atoms with E-state index in [0.29, 0.717) is 55.6 Å². The molecule has 3 fully saturated rings. The summed E-state index contributed by atoms with van der Waals surface area (Å²) >= 11 is 0. The van der Waals surface area contributed by atoms with Gasteiger partial charge in [0.1, 0.15) is 5.69 Å². The van der Waals surface area contributed by atoms with Crippen LogP contribution in [-0.4, -0.2) is 91.0 Å². The molecule has 2 aliphatic heterocycles. The highest BCUT2D eigenvalue weighted by atomic mass is 19.4. The van der Waals surface area contributed by atoms with E-state index >= 15 is 0 Å². The lowest BCUT2D eigenvalue weighted by Crippen LogP contribution is -2.47. The zero-order chi connectivity index (χ0) is 34.2. The average Bonchev–Trinajstić information content (AvgIpc) is 3.71. The van der Waals surface area contributed by atoms with Gasteiger partial charge in [-0.25, -0.2) is 23.3 Å². The molecule has 0 aromatic carbocycles. The SMILES string of the molecule is CCn1nccc1C(=O)N[C@H](c1cn2nc(C[C@H]3C[C@@H](C(F)(F)F)CNC3=O)c(C(C)N3CCOCC3)nc2n1)C1CCC(F)(F)CC1. The molecule has 4 atom stereocenters. The third kappa shape index (κ3) is 7.31. The van der Waals surface area contributed by atoms with Gasteiger partial charge in [-0.3, -0.25) is 19.2 Å². The summed E-state index contributed by atoms with van der Waals surface area (Å²) in [5.74, 6) is -6.51. The number of nitrogens with one attached hydrogen (secondary N) is 2. The number of carbonyl (C=O) groups is 2. The number of carbonyl (C=O) groups excluding carboxylic acids is 2. The number of ether oxygens (including phenoxy) is 1. The van der Waals surface area contributed by atoms with Crippen LogP contribution in [0.2, 0.25) is 0 Å². The van der Waals surface area contributed by atoms with Crippen molar-refractivity contribution in [1.29, 1.82) is 0 Å². The predicted octanol–water partition coefficient (Wildman–Crippen LogP) is 3.89. The summed E-state index contributed by atoms with van der Waals surface area (Å²) in [4.78, 5) is 38.0. The molecular formula is C31H40F5N9O3. The van der Waals surface area contributed by atoms with Crippen molar-refractivity contribution in [3.63, 3.8) is 0 Å². The van der Waals surface area contributed by atoms with E-state index in [-0.39, 0.29) is 56.3 Å². The van der Waals surface area contributed by atoms with Gasteiger partial charge in [-0.2, -0.15) is 23.4 Å². The quantitative estimate of drug-likeness (QED) is 0.326. The van der Waals surface area contributed by atoms with Crippen LogP contribution in [0.4, 0.5) is 22.0 Å². The molecule has 2 N–H and O–H groups in total. The minimum absolute atomic E-state index is 0.0717. The van der Waals surface area contributed by atoms with E-state index in [1.54, 1.807) is 12.3 Å². The Kier molecular flexibility index (Phi) is 9.71. The number of hydrogen-bond donors (Lipinski definition) is 2. The maximum absolute atomic E-state index is 14.2. The Morgan fingerprint density at radius 2 is 1.92 bits per heavy atom. The highest BCUT2D eigenvalue weighted by molar-refractivity contribution is 5.92. The van der Waals surface area contributed by atoms with Gasteiger partial charge in [0.05, 0.1) is 54.5 Å². The standard InChI is InChI=1S/C31H40F5N9O3/c1-3-44-24(6-9-38-44)28(47)40-26(19-4-7-30(32,33)8-5-19)23-17-45-29(39-23)41-25(18(2)43-10-12-48-13-11-43)22(42-45)15-20-14-21(31(34,35)36)16-37-27(20)46/h6,9,17-21,26H,3-5,7-8,10-16H2,1-2H3,(H,37,46)(H,40,47)/t18?,20-,21-,26+/m1/s1. The minimum Gasteiger partial charge on any atom is -0.379 e. The Morgan fingerprint density at radius 1 is 1.19 bits per heavy atom. The van der Waals surface area contributed by atoms with Crippen LogP contribution in [0.3, 0.4) is 0 Å². The highest BCUT2D eigenvalue weighted by Gasteiger charge is 2.45. The Hall–Kier alpha value is -3.73. The first-order valence-electron chi connectivity index (χ1n) is 16.5. The van der Waals surface area contributed by atoms with Gasteiger partial charge >= 0.3 is 6.18 Å². The molecule has 5 heterocycles. The minimum atomic E-state index is -4.46. The molecule has 1 unspecified atom stereocenters. The summed E-state index contributed by atoms with van der Waals surface area (Å²) in [7, 11) is 0. The molecule has 3 aliphatic rings. The first kappa shape index (κ1) is 34.1. The van der Waals surface area contributed by atoms with Crippen LogP contribution in [0.15, 0.2) is 18.5 Å². The summed E-state index contributed by atoms with van der Waals surface area (Å²) in [5, 5.41) is 14.3. The van der Waals surface area contributed by atoms with Crippen LogP contribution in [0.1, 0.15) is 85.6 Å². The summed E-state index contributed by atoms with van der Waals surface area (Å²) in [6.07, 6.45) is -2.16. The first-order valence-corrected chi connectivity index (χ1v) is 16.5. The fourth-order valence-electron chi connectivity index (χ4n) is 7.03. The molecule has 0 bridgehead atoms. The van der Waals surface area contributed by atoms with Crippen LogP contribution >= 0.6 is 0 Å². The summed E-state index contributed by atoms with van der Waals surface area (Å²) in [6.45, 7) is 5.94. The average molecular weight is 682 g/mol. The second kappa shape index (κ2) is 13.6. The Morgan fingerprint density at radius 3 is 2.60 bits per heavy atom. The van der Waals surface area contributed by atoms with Gasteiger partial charge in [-0.15, -0.1) is 0 Å². The van der Waals surface area contributed by atoms with E-state index in [4.69, 9.17) is 19.8 Å². The molecule has 262 valence electrons. The summed E-state index contributed by atoms with van der Waals surface area (Å²) < 4.78 is 77.7. The molecule has 1 saturated carbocycles. The molecule has 2 saturated heterocycles. The Labute approximate surface area is 273 Å². The van der Waals surface area contributed by atoms with E-state index < -0.39 is 48.3 Å². The zero-order valence-corrected chi connectivity index (χ0v) is 26.8. The maximum Gasteiger partial charge on any atom is 0.393 e. The molecular weight excluding hydrogens is 641 g/mol. The maximum atomic E-state index is 14.2. The molecule has 6 rings (SSSR count). The number of fused-ring (bicyclic) bond motifs is 1. The van der Waals surface area contributed by atoms with Crippen molar-refractivity contribution in [1.82, 2.24) is 44.9 Å². The largest absolute Gasteiger partial charge is 0.393 e. The first-order chi connectivity index (χ1) is 22.8. The molecule has 1 aliphatic carbocycles. The third-order valence-corrected chi connectivity index (χ3v) is 9.87. The summed E-state index contributed by atoms with van der Waals surface area (Å²) in [6, 6.07) is 0.503. The molecule has 3 aromatic rings. The number of aryl methyl sites for hydroxylation is 1. The Balaban J connectivity index is 1.37. The fourth-order valence-corrected chi connectivity index (χ4v) is 7.03. The zero-order valence-electron chi connectivity index (χ0n) is 26.8. The van der Waals surface area contributed by atoms with Crippen molar-refractivity contribution in [2.75, 3.05) is 32.8 Å². The smallest absolute Gasteiger partial charge is 0.379 e. The number of rotatable bonds is 9. The van der Waals surface area contributed by atoms with Crippen molar-refractivity contribution in [2.45, 2.75) is 83.1 Å². The number of piperidine rings is 1. The molecule has 0 radical (unpaired) electrons. The van der Waals surface area contributed by atoms with Gasteiger partial charge in [-0.05, 0) is 45.1 Å². The van der Waals surface area contributed by atoms with Gasteiger partial charge in [0.25, 0.3) is 11.7 Å². The number of alkyl halides is 5. The number of halogens is 5. The molecule has 48 heavy (non-hydrogen) atoms. The van der Waals surface area contributed by atoms with Crippen molar-refractivity contribution >= 4 is 17.6 Å². The van der Waals surface area contributed by atoms with Gasteiger partial charge in [0.2, 0.25) is 11.8 Å². The number of amides is 2. The van der Waals surface area contributed by atoms with Crippen LogP contribution in [0.25, 0.3) is 5.78 Å². The number of aromatic nitrogens is 6. The highest BCUT2D eigenvalue weighted by Crippen LogP contribution is 2.41. The van der Waals surface area contributed by atoms with Gasteiger partial charge in [0.15, 0.2) is 0 Å². The fraction of sp³-hybridized carbons (Fsp3) is 0.677. The lowest BCUT2D eigenvalue weighted by molar-refractivity contribution is -0.183. The van der Waals surface area contributed by atoms with Crippen LogP contribution in [0.5, 0.6) is 0 Å². The van der Waals surface area contributed by atoms with Crippen molar-refractivity contribution < 1.29 is 36.3 Å². The number of nitrogens with zero attached hydrogens (tertiary/aromatic N) is 7. The van der Waals surface area contributed by atoms with E-state index in [9.17, 15) is 31.5 Å². The van der Waals surface area contributed by atoms with Crippen molar-refractivity contribution in [3.05, 3.63) is 41.2 Å². The van der Waals surface area contributed by atoms with Crippen LogP contribution < -0.4 is 10.6 Å². The normalized spacial score (nSPS) is 23.9. The van der Waals surface area contributed by atoms with E-state index in [0.717, 1.165) is 0 Å². The van der Waals surface area contributed by atoms with Crippen molar-refractivity contribution in [3.8, 4) is 0 Å². The number of imidazole rings is 1. The topological polar surface area (TPSA) is 132 Å². The van der Waals surface area contributed by atoms with E-state index in [1.165, 1.54) is 15.4 Å². The molecule has 3 aromatic heterocycles. The van der Waals surface area contributed by atoms with Crippen molar-refractivity contribution in [2.24, 2.45) is 17.8 Å².